The van der Waals surface area contributed by atoms with Crippen molar-refractivity contribution in [1.82, 2.24) is 5.06 Å². The summed E-state index contributed by atoms with van der Waals surface area (Å²) < 4.78 is 39.2. The summed E-state index contributed by atoms with van der Waals surface area (Å²) in [5.41, 5.74) is 0.173. The maximum absolute atomic E-state index is 15.5. The molecule has 1 fully saturated rings. The third-order valence-electron chi connectivity index (χ3n) is 13.4. The van der Waals surface area contributed by atoms with Gasteiger partial charge in [-0.05, 0) is 79.0 Å². The van der Waals surface area contributed by atoms with Gasteiger partial charge in [0.1, 0.15) is 17.1 Å². The van der Waals surface area contributed by atoms with Gasteiger partial charge in [0, 0.05) is 26.2 Å². The molecule has 1 N–H and O–H groups in total. The van der Waals surface area contributed by atoms with Gasteiger partial charge in [-0.1, -0.05) is 81.4 Å². The molecule has 11 nitrogen and oxygen atoms in total. The van der Waals surface area contributed by atoms with E-state index < -0.39 is 60.5 Å². The lowest BCUT2D eigenvalue weighted by atomic mass is 9.79. The van der Waals surface area contributed by atoms with Crippen molar-refractivity contribution in [3.05, 3.63) is 29.8 Å². The van der Waals surface area contributed by atoms with E-state index in [1.165, 1.54) is 14.2 Å². The molecule has 0 saturated carbocycles. The van der Waals surface area contributed by atoms with Gasteiger partial charge in [0.2, 0.25) is 5.91 Å². The zero-order valence-electron chi connectivity index (χ0n) is 39.4. The maximum atomic E-state index is 15.5. The molecule has 1 heterocycles. The second kappa shape index (κ2) is 19.5. The number of benzene rings is 1. The van der Waals surface area contributed by atoms with Crippen molar-refractivity contribution in [2.75, 3.05) is 41.1 Å². The van der Waals surface area contributed by atoms with Crippen molar-refractivity contribution in [2.45, 2.75) is 167 Å². The average Bonchev–Trinajstić information content (AvgIpc) is 3.78. The first-order valence-corrected chi connectivity index (χ1v) is 29.4. The number of carbonyl (C=O) groups is 2. The van der Waals surface area contributed by atoms with Crippen molar-refractivity contribution in [1.29, 1.82) is 0 Å². The number of amides is 1. The van der Waals surface area contributed by atoms with E-state index in [1.54, 1.807) is 7.11 Å². The Hall–Kier alpha value is -1.47. The molecule has 7 atom stereocenters. The van der Waals surface area contributed by atoms with Crippen LogP contribution in [0.1, 0.15) is 88.1 Å². The monoisotopic (exact) mass is 856 g/mol. The summed E-state index contributed by atoms with van der Waals surface area (Å²) in [6, 6.07) is 7.82. The van der Waals surface area contributed by atoms with Crippen molar-refractivity contribution in [3.63, 3.8) is 0 Å². The number of rotatable bonds is 22. The number of hydrogen-bond donors (Lipinski definition) is 1. The summed E-state index contributed by atoms with van der Waals surface area (Å²) in [6.07, 6.45) is -2.64. The molecule has 1 amide bonds. The second-order valence-electron chi connectivity index (χ2n) is 21.0. The molecule has 0 radical (unpaired) electrons. The number of nitrogens with zero attached hydrogens (tertiary/aromatic N) is 1. The normalized spacial score (nSPS) is 21.0. The Morgan fingerprint density at radius 3 is 1.72 bits per heavy atom. The average molecular weight is 856 g/mol. The second-order valence-corrected chi connectivity index (χ2v) is 35.3. The number of methoxy groups -OCH3 is 1. The van der Waals surface area contributed by atoms with Crippen LogP contribution in [0.4, 0.5) is 0 Å². The van der Waals surface area contributed by atoms with Gasteiger partial charge in [0.05, 0.1) is 64.0 Å². The van der Waals surface area contributed by atoms with Crippen LogP contribution in [0, 0.1) is 17.8 Å². The van der Waals surface area contributed by atoms with Crippen LogP contribution in [-0.2, 0) is 43.8 Å². The Morgan fingerprint density at radius 2 is 1.28 bits per heavy atom. The van der Waals surface area contributed by atoms with Crippen LogP contribution in [-0.4, -0.2) is 112 Å². The van der Waals surface area contributed by atoms with Gasteiger partial charge in [-0.3, -0.25) is 14.4 Å². The molecule has 1 aliphatic rings. The lowest BCUT2D eigenvalue weighted by Crippen LogP contribution is -2.56. The Bertz CT molecular complexity index is 1450. The molecular weight excluding hydrogens is 775 g/mol. The van der Waals surface area contributed by atoms with Crippen LogP contribution in [0.2, 0.25) is 54.4 Å². The Labute approximate surface area is 349 Å². The fourth-order valence-corrected chi connectivity index (χ4v) is 9.42. The van der Waals surface area contributed by atoms with Gasteiger partial charge in [-0.25, -0.2) is 5.06 Å². The predicted molar refractivity (Wildman–Crippen MR) is 236 cm³/mol. The maximum Gasteiger partial charge on any atom is 0.248 e. The van der Waals surface area contributed by atoms with Crippen molar-refractivity contribution in [3.8, 4) is 5.75 Å². The molecule has 1 aromatic rings. The van der Waals surface area contributed by atoms with Crippen LogP contribution >= 0.6 is 0 Å². The summed E-state index contributed by atoms with van der Waals surface area (Å²) in [5.74, 6) is -1.82. The van der Waals surface area contributed by atoms with Gasteiger partial charge in [0.25, 0.3) is 0 Å². The third kappa shape index (κ3) is 13.5. The first-order valence-electron chi connectivity index (χ1n) is 20.6. The molecule has 0 aromatic heterocycles. The Balaban J connectivity index is 2.69. The van der Waals surface area contributed by atoms with Crippen LogP contribution in [0.3, 0.4) is 0 Å². The minimum atomic E-state index is -2.56. The quantitative estimate of drug-likeness (QED) is 0.0687. The number of carbonyl (C=O) groups excluding carboxylic acids is 2. The Morgan fingerprint density at radius 1 is 0.807 bits per heavy atom. The summed E-state index contributed by atoms with van der Waals surface area (Å²) >= 11 is 0. The summed E-state index contributed by atoms with van der Waals surface area (Å²) in [5, 5.41) is 12.5. The lowest BCUT2D eigenvalue weighted by Gasteiger charge is -2.45. The van der Waals surface area contributed by atoms with Crippen molar-refractivity contribution >= 4 is 36.6 Å². The highest BCUT2D eigenvalue weighted by molar-refractivity contribution is 6.75. The van der Waals surface area contributed by atoms with Gasteiger partial charge in [-0.15, -0.1) is 0 Å². The zero-order valence-corrected chi connectivity index (χ0v) is 42.4. The van der Waals surface area contributed by atoms with Gasteiger partial charge in [0.15, 0.2) is 25.0 Å². The standard InChI is InChI=1S/C43H81NO10Si3/c1-30(26-50-27-31-21-23-32(48-13)24-22-31)38-43(11,53-38)39(54-57(19,20)42(8,9)10)34(29-52-56(17,18)41(5,6)7)37(47)33(28-51-55(15,16)40(2,3)4)35(45)25-36(46)44(12)49-14/h21-24,30,33-35,38-39,45H,25-29H2,1-20H3/t30-,33-,34-,35-,38+,39-,43+/m0/s1. The smallest absolute Gasteiger partial charge is 0.248 e. The number of ether oxygens (including phenoxy) is 3. The SMILES string of the molecule is COc1ccc(COC[C@H](C)[C@H]2O[C@@]2(C)[C@@H](O[Si](C)(C)C(C)(C)C)[C@@H](CO[Si](C)(C)C(C)(C)C)C(=O)[C@@H](CO[Si](C)(C)C(C)(C)C)[C@@H](O)CC(=O)N(C)OC)cc1. The fraction of sp³-hybridized carbons (Fsp3) is 0.814. The fourth-order valence-electron chi connectivity index (χ4n) is 5.97. The third-order valence-corrected chi connectivity index (χ3v) is 26.9. The molecule has 0 aliphatic carbocycles. The number of Topliss-reactive ketones (excluding diaryl/α,β-unsaturated/α-hetero) is 1. The van der Waals surface area contributed by atoms with E-state index in [9.17, 15) is 9.90 Å². The van der Waals surface area contributed by atoms with E-state index in [-0.39, 0.29) is 52.6 Å². The van der Waals surface area contributed by atoms with E-state index in [1.807, 2.05) is 31.2 Å². The molecule has 330 valence electrons. The topological polar surface area (TPSA) is 126 Å². The minimum absolute atomic E-state index is 0.0265. The highest BCUT2D eigenvalue weighted by Crippen LogP contribution is 2.51. The summed E-state index contributed by atoms with van der Waals surface area (Å²) in [6.45, 7) is 37.5. The number of epoxide rings is 1. The minimum Gasteiger partial charge on any atom is -0.497 e. The van der Waals surface area contributed by atoms with E-state index in [0.29, 0.717) is 13.2 Å². The van der Waals surface area contributed by atoms with Gasteiger partial charge in [-0.2, -0.15) is 0 Å². The van der Waals surface area contributed by atoms with Crippen LogP contribution in [0.25, 0.3) is 0 Å². The number of ketones is 1. The zero-order chi connectivity index (χ0) is 44.2. The molecule has 14 heteroatoms. The number of hydrogen-bond acceptors (Lipinski definition) is 10. The van der Waals surface area contributed by atoms with Crippen molar-refractivity contribution < 1.29 is 47.0 Å². The molecule has 1 aromatic carbocycles. The van der Waals surface area contributed by atoms with Crippen LogP contribution in [0.5, 0.6) is 5.75 Å². The highest BCUT2D eigenvalue weighted by atomic mass is 28.4. The number of aliphatic hydroxyl groups excluding tert-OH is 1. The number of aliphatic hydroxyl groups is 1. The molecule has 1 aliphatic heterocycles. The van der Waals surface area contributed by atoms with E-state index in [2.05, 4.69) is 109 Å². The highest BCUT2D eigenvalue weighted by Gasteiger charge is 2.65. The Kier molecular flexibility index (Phi) is 17.7. The summed E-state index contributed by atoms with van der Waals surface area (Å²) in [7, 11) is -2.83. The van der Waals surface area contributed by atoms with Crippen molar-refractivity contribution in [2.24, 2.45) is 17.8 Å². The molecule has 0 bridgehead atoms. The van der Waals surface area contributed by atoms with E-state index in [4.69, 9.17) is 32.3 Å². The van der Waals surface area contributed by atoms with E-state index >= 15 is 4.79 Å². The predicted octanol–water partition coefficient (Wildman–Crippen LogP) is 9.01. The summed E-state index contributed by atoms with van der Waals surface area (Å²) in [4.78, 5) is 33.8. The molecule has 0 unspecified atom stereocenters. The van der Waals surface area contributed by atoms with E-state index in [0.717, 1.165) is 16.4 Å². The van der Waals surface area contributed by atoms with Crippen LogP contribution < -0.4 is 4.74 Å². The molecule has 0 spiro atoms. The first-order chi connectivity index (χ1) is 25.8. The molecule has 57 heavy (non-hydrogen) atoms. The first kappa shape index (κ1) is 51.7. The molecule has 1 saturated heterocycles. The molecule has 2 rings (SSSR count). The van der Waals surface area contributed by atoms with Gasteiger partial charge >= 0.3 is 0 Å². The number of hydroxylamine groups is 2. The van der Waals surface area contributed by atoms with Crippen LogP contribution in [0.15, 0.2) is 24.3 Å². The largest absolute Gasteiger partial charge is 0.497 e. The van der Waals surface area contributed by atoms with Gasteiger partial charge < -0.3 is 32.6 Å². The lowest BCUT2D eigenvalue weighted by molar-refractivity contribution is -0.171. The molecular formula is C43H81NO10Si3.